The van der Waals surface area contributed by atoms with Crippen molar-refractivity contribution in [2.75, 3.05) is 11.9 Å². The van der Waals surface area contributed by atoms with Crippen LogP contribution in [-0.4, -0.2) is 35.2 Å². The van der Waals surface area contributed by atoms with Crippen LogP contribution in [0.1, 0.15) is 12.0 Å². The Morgan fingerprint density at radius 2 is 1.94 bits per heavy atom. The van der Waals surface area contributed by atoms with Gasteiger partial charge in [0.1, 0.15) is 29.0 Å². The first kappa shape index (κ1) is 21.0. The van der Waals surface area contributed by atoms with E-state index in [0.717, 1.165) is 0 Å². The Hall–Kier alpha value is -3.28. The summed E-state index contributed by atoms with van der Waals surface area (Å²) in [5.41, 5.74) is 2.74. The lowest BCUT2D eigenvalue weighted by Crippen LogP contribution is -2.18. The maximum absolute atomic E-state index is 15.1. The first-order valence-corrected chi connectivity index (χ1v) is 10.5. The topological polar surface area (TPSA) is 116 Å². The number of aryl methyl sites for hydroxylation is 1. The van der Waals surface area contributed by atoms with Gasteiger partial charge in [-0.2, -0.15) is 0 Å². The minimum absolute atomic E-state index is 0.222. The molecule has 0 amide bonds. The molecule has 0 radical (unpaired) electrons. The zero-order valence-electron chi connectivity index (χ0n) is 16.1. The highest BCUT2D eigenvalue weighted by atomic mass is 32.2. The van der Waals surface area contributed by atoms with Crippen LogP contribution in [0, 0.1) is 11.6 Å². The predicted octanol–water partition coefficient (Wildman–Crippen LogP) is 3.70. The number of halogens is 2. The van der Waals surface area contributed by atoms with Crippen molar-refractivity contribution in [2.24, 2.45) is 0 Å². The van der Waals surface area contributed by atoms with E-state index in [4.69, 9.17) is 4.55 Å². The number of aromatic amines is 1. The molecule has 11 heteroatoms. The average molecular weight is 444 g/mol. The summed E-state index contributed by atoms with van der Waals surface area (Å²) in [5, 5.41) is 2.86. The number of rotatable bonds is 8. The van der Waals surface area contributed by atoms with Crippen molar-refractivity contribution in [3.8, 4) is 11.3 Å². The molecule has 0 aliphatic carbocycles. The molecule has 1 unspecified atom stereocenters. The number of imidazole rings is 1. The standard InChI is InChI=1S/C20H18F2N6O2S/c21-14-8-7-12(4-3-9-27-31(29)30)16(22)18(14)28-15-6-2-1-5-13(15)17-19-20(25-10-23-17)26-11-24-19/h1-2,5-8,10-11,27-28H,3-4,9H2,(H,29,30)(H,23,24,25,26). The fourth-order valence-corrected chi connectivity index (χ4v) is 3.56. The second-order valence-corrected chi connectivity index (χ2v) is 7.42. The highest BCUT2D eigenvalue weighted by Gasteiger charge is 2.17. The number of anilines is 2. The Kier molecular flexibility index (Phi) is 6.26. The fraction of sp³-hybridized carbons (Fsp3) is 0.150. The molecule has 0 saturated heterocycles. The van der Waals surface area contributed by atoms with E-state index in [2.05, 4.69) is 30.0 Å². The number of hydrogen-bond acceptors (Lipinski definition) is 5. The van der Waals surface area contributed by atoms with Crippen LogP contribution < -0.4 is 10.0 Å². The average Bonchev–Trinajstić information content (AvgIpc) is 3.25. The molecular formula is C20H18F2N6O2S. The van der Waals surface area contributed by atoms with Crippen LogP contribution in [0.25, 0.3) is 22.4 Å². The third-order valence-electron chi connectivity index (χ3n) is 4.68. The van der Waals surface area contributed by atoms with Crippen molar-refractivity contribution in [1.29, 1.82) is 0 Å². The predicted molar refractivity (Wildman–Crippen MR) is 114 cm³/mol. The Morgan fingerprint density at radius 1 is 1.10 bits per heavy atom. The fourth-order valence-electron chi connectivity index (χ4n) is 3.24. The summed E-state index contributed by atoms with van der Waals surface area (Å²) in [4.78, 5) is 15.5. The lowest BCUT2D eigenvalue weighted by molar-refractivity contribution is 0.545. The Morgan fingerprint density at radius 3 is 2.77 bits per heavy atom. The van der Waals surface area contributed by atoms with Crippen molar-refractivity contribution in [1.82, 2.24) is 24.7 Å². The van der Waals surface area contributed by atoms with Crippen molar-refractivity contribution < 1.29 is 17.5 Å². The summed E-state index contributed by atoms with van der Waals surface area (Å²) in [6.45, 7) is 0.222. The smallest absolute Gasteiger partial charge is 0.231 e. The molecule has 31 heavy (non-hydrogen) atoms. The molecule has 4 N–H and O–H groups in total. The molecule has 160 valence electrons. The van der Waals surface area contributed by atoms with E-state index in [0.29, 0.717) is 40.1 Å². The van der Waals surface area contributed by atoms with Gasteiger partial charge in [-0.05, 0) is 30.5 Å². The molecule has 2 heterocycles. The van der Waals surface area contributed by atoms with Gasteiger partial charge in [0.25, 0.3) is 0 Å². The molecule has 0 spiro atoms. The van der Waals surface area contributed by atoms with Crippen molar-refractivity contribution in [3.63, 3.8) is 0 Å². The van der Waals surface area contributed by atoms with Gasteiger partial charge >= 0.3 is 0 Å². The molecule has 0 aliphatic heterocycles. The summed E-state index contributed by atoms with van der Waals surface area (Å²) >= 11 is -2.12. The molecule has 0 fully saturated rings. The number of nitrogens with one attached hydrogen (secondary N) is 3. The number of benzene rings is 2. The van der Waals surface area contributed by atoms with E-state index >= 15 is 4.39 Å². The molecule has 4 aromatic rings. The SMILES string of the molecule is O=S(O)NCCCc1ccc(F)c(Nc2ccccc2-c2ncnc3nc[nH]c23)c1F. The molecule has 2 aromatic carbocycles. The van der Waals surface area contributed by atoms with Crippen molar-refractivity contribution in [3.05, 3.63) is 66.3 Å². The van der Waals surface area contributed by atoms with E-state index in [1.165, 1.54) is 24.8 Å². The third kappa shape index (κ3) is 4.58. The van der Waals surface area contributed by atoms with Crippen LogP contribution in [0.15, 0.2) is 49.1 Å². The molecular weight excluding hydrogens is 426 g/mol. The normalized spacial score (nSPS) is 12.2. The quantitative estimate of drug-likeness (QED) is 0.243. The number of aromatic nitrogens is 4. The second kappa shape index (κ2) is 9.25. The molecule has 8 nitrogen and oxygen atoms in total. The molecule has 0 bridgehead atoms. The van der Waals surface area contributed by atoms with Gasteiger partial charge in [-0.25, -0.2) is 32.7 Å². The lowest BCUT2D eigenvalue weighted by Gasteiger charge is -2.15. The second-order valence-electron chi connectivity index (χ2n) is 6.64. The van der Waals surface area contributed by atoms with Gasteiger partial charge in [0.05, 0.1) is 6.33 Å². The summed E-state index contributed by atoms with van der Waals surface area (Å²) in [6, 6.07) is 9.59. The van der Waals surface area contributed by atoms with Gasteiger partial charge in [0.15, 0.2) is 11.5 Å². The Labute approximate surface area is 178 Å². The molecule has 4 rings (SSSR count). The van der Waals surface area contributed by atoms with E-state index in [-0.39, 0.29) is 18.7 Å². The van der Waals surface area contributed by atoms with E-state index < -0.39 is 22.9 Å². The van der Waals surface area contributed by atoms with Gasteiger partial charge in [-0.1, -0.05) is 24.3 Å². The Bertz CT molecular complexity index is 1250. The zero-order valence-corrected chi connectivity index (χ0v) is 16.9. The monoisotopic (exact) mass is 444 g/mol. The summed E-state index contributed by atoms with van der Waals surface area (Å²) in [7, 11) is 0. The van der Waals surface area contributed by atoms with Crippen LogP contribution in [-0.2, 0) is 17.7 Å². The van der Waals surface area contributed by atoms with Gasteiger partial charge in [-0.15, -0.1) is 0 Å². The number of hydrogen-bond donors (Lipinski definition) is 4. The summed E-state index contributed by atoms with van der Waals surface area (Å²) in [5.74, 6) is -1.45. The van der Waals surface area contributed by atoms with Crippen molar-refractivity contribution >= 4 is 33.8 Å². The van der Waals surface area contributed by atoms with Crippen LogP contribution in [0.3, 0.4) is 0 Å². The lowest BCUT2D eigenvalue weighted by atomic mass is 10.1. The third-order valence-corrected chi connectivity index (χ3v) is 5.14. The Balaban J connectivity index is 1.65. The van der Waals surface area contributed by atoms with Crippen LogP contribution >= 0.6 is 0 Å². The number of fused-ring (bicyclic) bond motifs is 1. The minimum atomic E-state index is -2.12. The van der Waals surface area contributed by atoms with Gasteiger partial charge in [-0.3, -0.25) is 4.55 Å². The van der Waals surface area contributed by atoms with Crippen LogP contribution in [0.5, 0.6) is 0 Å². The maximum Gasteiger partial charge on any atom is 0.231 e. The van der Waals surface area contributed by atoms with Crippen LogP contribution in [0.4, 0.5) is 20.2 Å². The highest BCUT2D eigenvalue weighted by molar-refractivity contribution is 7.77. The minimum Gasteiger partial charge on any atom is -0.350 e. The van der Waals surface area contributed by atoms with E-state index in [1.54, 1.807) is 24.3 Å². The number of para-hydroxylation sites is 1. The number of H-pyrrole nitrogens is 1. The first-order valence-electron chi connectivity index (χ1n) is 9.36. The number of nitrogens with zero attached hydrogens (tertiary/aromatic N) is 3. The van der Waals surface area contributed by atoms with Gasteiger partial charge in [0.2, 0.25) is 11.3 Å². The van der Waals surface area contributed by atoms with E-state index in [9.17, 15) is 8.60 Å². The van der Waals surface area contributed by atoms with Crippen LogP contribution in [0.2, 0.25) is 0 Å². The summed E-state index contributed by atoms with van der Waals surface area (Å²) < 4.78 is 51.3. The zero-order chi connectivity index (χ0) is 21.8. The maximum atomic E-state index is 15.1. The molecule has 2 aromatic heterocycles. The molecule has 0 aliphatic rings. The first-order chi connectivity index (χ1) is 15.0. The summed E-state index contributed by atoms with van der Waals surface area (Å²) in [6.07, 6.45) is 3.56. The largest absolute Gasteiger partial charge is 0.350 e. The van der Waals surface area contributed by atoms with E-state index in [1.807, 2.05) is 0 Å². The van der Waals surface area contributed by atoms with Crippen molar-refractivity contribution in [2.45, 2.75) is 12.8 Å². The molecule has 1 atom stereocenters. The molecule has 0 saturated carbocycles. The highest BCUT2D eigenvalue weighted by Crippen LogP contribution is 2.34. The van der Waals surface area contributed by atoms with Gasteiger partial charge < -0.3 is 10.3 Å². The van der Waals surface area contributed by atoms with Gasteiger partial charge in [0, 0.05) is 17.8 Å².